The zero-order chi connectivity index (χ0) is 30.2. The first-order chi connectivity index (χ1) is 22.8. The minimum absolute atomic E-state index is 0.923. The Labute approximate surface area is 264 Å². The van der Waals surface area contributed by atoms with Gasteiger partial charge in [-0.3, -0.25) is 15.0 Å². The van der Waals surface area contributed by atoms with Crippen LogP contribution in [0.4, 0.5) is 0 Å². The molecule has 3 heterocycles. The van der Waals surface area contributed by atoms with Crippen LogP contribution in [0.5, 0.6) is 0 Å². The maximum atomic E-state index is 4.97. The van der Waals surface area contributed by atoms with E-state index in [9.17, 15) is 0 Å². The molecule has 3 nitrogen and oxygen atoms in total. The highest BCUT2D eigenvalue weighted by Crippen LogP contribution is 2.42. The zero-order valence-electron chi connectivity index (χ0n) is 24.8. The summed E-state index contributed by atoms with van der Waals surface area (Å²) < 4.78 is 0. The van der Waals surface area contributed by atoms with Crippen molar-refractivity contribution in [2.75, 3.05) is 0 Å². The molecular weight excluding hydrogens is 558 g/mol. The van der Waals surface area contributed by atoms with Crippen LogP contribution < -0.4 is 0 Å². The van der Waals surface area contributed by atoms with Gasteiger partial charge >= 0.3 is 0 Å². The normalized spacial score (nSPS) is 11.9. The lowest BCUT2D eigenvalue weighted by Crippen LogP contribution is -1.91. The molecule has 7 aromatic carbocycles. The fourth-order valence-corrected chi connectivity index (χ4v) is 7.28. The number of pyridine rings is 3. The standard InChI is InChI=1S/C43H25N3/c1-4-27-10-11-28-5-2-8-38-39(23-31(6-1)40(27)41(28)38)35-21-33(30-13-9-26-15-17-44-24-36(26)18-30)20-34(22-35)37-19-32-14-12-29-7-3-16-45-42(29)43(32)46-25-37/h1-25H. The summed E-state index contributed by atoms with van der Waals surface area (Å²) in [5.41, 5.74) is 8.77. The maximum Gasteiger partial charge on any atom is 0.0964 e. The number of fused-ring (bicyclic) bond motifs is 4. The van der Waals surface area contributed by atoms with E-state index >= 15 is 0 Å². The van der Waals surface area contributed by atoms with Crippen molar-refractivity contribution >= 4 is 64.9 Å². The number of hydrogen-bond donors (Lipinski definition) is 0. The van der Waals surface area contributed by atoms with Crippen LogP contribution in [0.2, 0.25) is 0 Å². The highest BCUT2D eigenvalue weighted by molar-refractivity contribution is 6.26. The van der Waals surface area contributed by atoms with E-state index < -0.39 is 0 Å². The van der Waals surface area contributed by atoms with Crippen LogP contribution in [0.15, 0.2) is 152 Å². The van der Waals surface area contributed by atoms with E-state index in [0.717, 1.165) is 49.4 Å². The highest BCUT2D eigenvalue weighted by Gasteiger charge is 2.16. The zero-order valence-corrected chi connectivity index (χ0v) is 24.8. The summed E-state index contributed by atoms with van der Waals surface area (Å²) in [5, 5.41) is 12.2. The van der Waals surface area contributed by atoms with Gasteiger partial charge in [0.2, 0.25) is 0 Å². The third-order valence-electron chi connectivity index (χ3n) is 9.48. The quantitative estimate of drug-likeness (QED) is 0.194. The third kappa shape index (κ3) is 3.82. The van der Waals surface area contributed by atoms with Gasteiger partial charge in [-0.1, -0.05) is 78.9 Å². The molecule has 10 rings (SSSR count). The van der Waals surface area contributed by atoms with E-state index in [1.165, 1.54) is 48.8 Å². The first kappa shape index (κ1) is 25.2. The van der Waals surface area contributed by atoms with Crippen molar-refractivity contribution in [3.8, 4) is 33.4 Å². The Morgan fingerprint density at radius 2 is 1.04 bits per heavy atom. The van der Waals surface area contributed by atoms with Gasteiger partial charge in [0, 0.05) is 46.5 Å². The molecule has 212 valence electrons. The summed E-state index contributed by atoms with van der Waals surface area (Å²) in [6, 6.07) is 46.4. The van der Waals surface area contributed by atoms with Crippen molar-refractivity contribution in [2.45, 2.75) is 0 Å². The molecule has 0 atom stereocenters. The van der Waals surface area contributed by atoms with Crippen LogP contribution in [0, 0.1) is 0 Å². The monoisotopic (exact) mass is 583 g/mol. The minimum atomic E-state index is 0.923. The van der Waals surface area contributed by atoms with Crippen LogP contribution in [0.25, 0.3) is 98.3 Å². The largest absolute Gasteiger partial charge is 0.264 e. The van der Waals surface area contributed by atoms with Crippen LogP contribution in [-0.4, -0.2) is 15.0 Å². The molecule has 46 heavy (non-hydrogen) atoms. The van der Waals surface area contributed by atoms with E-state index in [-0.39, 0.29) is 0 Å². The topological polar surface area (TPSA) is 38.7 Å². The average molecular weight is 584 g/mol. The van der Waals surface area contributed by atoms with Crippen LogP contribution >= 0.6 is 0 Å². The summed E-state index contributed by atoms with van der Waals surface area (Å²) in [7, 11) is 0. The van der Waals surface area contributed by atoms with Crippen molar-refractivity contribution in [1.82, 2.24) is 15.0 Å². The van der Waals surface area contributed by atoms with Gasteiger partial charge in [-0.2, -0.15) is 0 Å². The molecule has 3 aromatic heterocycles. The van der Waals surface area contributed by atoms with Gasteiger partial charge in [-0.25, -0.2) is 0 Å². The Hall–Kier alpha value is -6.19. The Morgan fingerprint density at radius 3 is 1.98 bits per heavy atom. The molecule has 0 spiro atoms. The third-order valence-corrected chi connectivity index (χ3v) is 9.48. The molecule has 0 fully saturated rings. The molecule has 0 aliphatic carbocycles. The Bertz CT molecular complexity index is 2820. The number of hydrogen-bond acceptors (Lipinski definition) is 3. The second-order valence-electron chi connectivity index (χ2n) is 12.1. The molecule has 3 heteroatoms. The molecule has 0 saturated carbocycles. The molecular formula is C43H25N3. The van der Waals surface area contributed by atoms with E-state index in [1.807, 2.05) is 30.9 Å². The fraction of sp³-hybridized carbons (Fsp3) is 0. The van der Waals surface area contributed by atoms with Gasteiger partial charge in [0.05, 0.1) is 11.0 Å². The Balaban J connectivity index is 1.25. The molecule has 0 amide bonds. The lowest BCUT2D eigenvalue weighted by Gasteiger charge is -2.17. The summed E-state index contributed by atoms with van der Waals surface area (Å²) in [5.74, 6) is 0. The second-order valence-corrected chi connectivity index (χ2v) is 12.1. The van der Waals surface area contributed by atoms with Crippen molar-refractivity contribution in [2.24, 2.45) is 0 Å². The Kier molecular flexibility index (Phi) is 5.28. The molecule has 10 aromatic rings. The molecule has 0 unspecified atom stereocenters. The molecule has 0 saturated heterocycles. The predicted molar refractivity (Wildman–Crippen MR) is 192 cm³/mol. The van der Waals surface area contributed by atoms with E-state index in [2.05, 4.69) is 131 Å². The van der Waals surface area contributed by atoms with Crippen LogP contribution in [-0.2, 0) is 0 Å². The van der Waals surface area contributed by atoms with E-state index in [4.69, 9.17) is 4.98 Å². The number of aromatic nitrogens is 3. The summed E-state index contributed by atoms with van der Waals surface area (Å²) >= 11 is 0. The molecule has 0 N–H and O–H groups in total. The van der Waals surface area contributed by atoms with Crippen molar-refractivity contribution in [1.29, 1.82) is 0 Å². The number of nitrogens with zero attached hydrogens (tertiary/aromatic N) is 3. The first-order valence-electron chi connectivity index (χ1n) is 15.6. The van der Waals surface area contributed by atoms with Crippen molar-refractivity contribution in [3.05, 3.63) is 152 Å². The van der Waals surface area contributed by atoms with Crippen LogP contribution in [0.3, 0.4) is 0 Å². The molecule has 0 aliphatic rings. The molecule has 0 aliphatic heterocycles. The van der Waals surface area contributed by atoms with Crippen molar-refractivity contribution in [3.63, 3.8) is 0 Å². The van der Waals surface area contributed by atoms with E-state index in [0.29, 0.717) is 0 Å². The van der Waals surface area contributed by atoms with Gasteiger partial charge in [0.15, 0.2) is 0 Å². The summed E-state index contributed by atoms with van der Waals surface area (Å²) in [6.07, 6.45) is 7.62. The van der Waals surface area contributed by atoms with Crippen molar-refractivity contribution < 1.29 is 0 Å². The number of rotatable bonds is 3. The molecule has 0 radical (unpaired) electrons. The van der Waals surface area contributed by atoms with Gasteiger partial charge < -0.3 is 0 Å². The molecule has 0 bridgehead atoms. The minimum Gasteiger partial charge on any atom is -0.264 e. The smallest absolute Gasteiger partial charge is 0.0964 e. The van der Waals surface area contributed by atoms with Gasteiger partial charge in [-0.05, 0) is 114 Å². The first-order valence-corrected chi connectivity index (χ1v) is 15.6. The fourth-order valence-electron chi connectivity index (χ4n) is 7.28. The predicted octanol–water partition coefficient (Wildman–Crippen LogP) is 11.2. The summed E-state index contributed by atoms with van der Waals surface area (Å²) in [4.78, 5) is 14.0. The Morgan fingerprint density at radius 1 is 0.348 bits per heavy atom. The van der Waals surface area contributed by atoms with Crippen LogP contribution in [0.1, 0.15) is 0 Å². The van der Waals surface area contributed by atoms with E-state index in [1.54, 1.807) is 0 Å². The lowest BCUT2D eigenvalue weighted by atomic mass is 9.87. The highest BCUT2D eigenvalue weighted by atomic mass is 14.7. The SMILES string of the molecule is c1cnc2c(c1)ccc1cc(-c3cc(-c4ccc5ccncc5c4)cc(-c4cc5cccc6ccc7cccc4c7c65)c3)cnc12. The van der Waals surface area contributed by atoms with Gasteiger partial charge in [0.1, 0.15) is 0 Å². The van der Waals surface area contributed by atoms with Gasteiger partial charge in [0.25, 0.3) is 0 Å². The maximum absolute atomic E-state index is 4.97. The number of benzene rings is 7. The lowest BCUT2D eigenvalue weighted by molar-refractivity contribution is 1.36. The summed E-state index contributed by atoms with van der Waals surface area (Å²) in [6.45, 7) is 0. The second kappa shape index (κ2) is 9.65. The average Bonchev–Trinajstić information content (AvgIpc) is 3.13. The van der Waals surface area contributed by atoms with Gasteiger partial charge in [-0.15, -0.1) is 0 Å².